The van der Waals surface area contributed by atoms with Crippen molar-refractivity contribution in [3.8, 4) is 0 Å². The van der Waals surface area contributed by atoms with Crippen molar-refractivity contribution in [2.45, 2.75) is 44.0 Å². The van der Waals surface area contributed by atoms with Crippen LogP contribution in [0.1, 0.15) is 49.0 Å². The second-order valence-electron chi connectivity index (χ2n) is 8.53. The molecule has 0 unspecified atom stereocenters. The third kappa shape index (κ3) is 4.40. The molecular formula is C25H27FN2O2S. The molecule has 2 aromatic rings. The van der Waals surface area contributed by atoms with Gasteiger partial charge in [-0.05, 0) is 48.6 Å². The van der Waals surface area contributed by atoms with Crippen LogP contribution in [-0.2, 0) is 4.79 Å². The van der Waals surface area contributed by atoms with Crippen molar-refractivity contribution in [2.75, 3.05) is 11.9 Å². The number of halogens is 1. The molecule has 1 N–H and O–H groups in total. The summed E-state index contributed by atoms with van der Waals surface area (Å²) in [6.07, 6.45) is 4.92. The van der Waals surface area contributed by atoms with Gasteiger partial charge in [-0.25, -0.2) is 4.39 Å². The molecule has 2 aliphatic rings. The van der Waals surface area contributed by atoms with E-state index in [4.69, 9.17) is 0 Å². The number of hydrogen-bond acceptors (Lipinski definition) is 3. The summed E-state index contributed by atoms with van der Waals surface area (Å²) >= 11 is 1.30. The first-order valence-electron chi connectivity index (χ1n) is 10.7. The number of anilines is 1. The van der Waals surface area contributed by atoms with Crippen LogP contribution in [-0.4, -0.2) is 24.9 Å². The molecule has 1 aliphatic carbocycles. The number of nitrogens with zero attached hydrogens (tertiary/aromatic N) is 1. The van der Waals surface area contributed by atoms with Gasteiger partial charge in [0.25, 0.3) is 11.8 Å². The molecule has 0 spiro atoms. The van der Waals surface area contributed by atoms with E-state index in [0.29, 0.717) is 33.6 Å². The van der Waals surface area contributed by atoms with Gasteiger partial charge in [0.15, 0.2) is 0 Å². The number of hydrogen-bond donors (Lipinski definition) is 1. The number of amides is 2. The quantitative estimate of drug-likeness (QED) is 0.645. The Morgan fingerprint density at radius 3 is 2.74 bits per heavy atom. The fourth-order valence-corrected chi connectivity index (χ4v) is 5.39. The lowest BCUT2D eigenvalue weighted by molar-refractivity contribution is -0.114. The Hall–Kier alpha value is -2.60. The van der Waals surface area contributed by atoms with Crippen molar-refractivity contribution in [1.82, 2.24) is 5.32 Å². The largest absolute Gasteiger partial charge is 0.349 e. The van der Waals surface area contributed by atoms with Crippen molar-refractivity contribution < 1.29 is 14.0 Å². The van der Waals surface area contributed by atoms with Crippen LogP contribution in [0.25, 0.3) is 6.08 Å². The molecule has 1 aliphatic heterocycles. The molecule has 2 amide bonds. The van der Waals surface area contributed by atoms with E-state index in [0.717, 1.165) is 17.7 Å². The van der Waals surface area contributed by atoms with Crippen LogP contribution in [0.5, 0.6) is 0 Å². The fourth-order valence-electron chi connectivity index (χ4n) is 4.31. The minimum absolute atomic E-state index is 0.104. The Bertz CT molecular complexity index is 1050. The molecule has 162 valence electrons. The molecule has 0 bridgehead atoms. The van der Waals surface area contributed by atoms with E-state index < -0.39 is 0 Å². The summed E-state index contributed by atoms with van der Waals surface area (Å²) in [5.74, 6) is 0.360. The summed E-state index contributed by atoms with van der Waals surface area (Å²) in [6.45, 7) is 4.44. The predicted molar refractivity (Wildman–Crippen MR) is 124 cm³/mol. The molecule has 0 radical (unpaired) electrons. The van der Waals surface area contributed by atoms with Crippen molar-refractivity contribution in [2.24, 2.45) is 11.8 Å². The normalized spacial score (nSPS) is 24.8. The van der Waals surface area contributed by atoms with E-state index >= 15 is 0 Å². The average Bonchev–Trinajstić information content (AvgIpc) is 2.76. The van der Waals surface area contributed by atoms with E-state index in [-0.39, 0.29) is 23.7 Å². The van der Waals surface area contributed by atoms with Crippen LogP contribution >= 0.6 is 11.8 Å². The van der Waals surface area contributed by atoms with Crippen LogP contribution in [0.15, 0.2) is 52.3 Å². The van der Waals surface area contributed by atoms with Crippen LogP contribution < -0.4 is 10.2 Å². The van der Waals surface area contributed by atoms with Crippen molar-refractivity contribution >= 4 is 35.3 Å². The second kappa shape index (κ2) is 8.87. The third-order valence-corrected chi connectivity index (χ3v) is 7.61. The summed E-state index contributed by atoms with van der Waals surface area (Å²) < 4.78 is 14.0. The first-order valence-corrected chi connectivity index (χ1v) is 11.5. The number of nitrogens with one attached hydrogen (secondary N) is 1. The zero-order chi connectivity index (χ0) is 22.1. The van der Waals surface area contributed by atoms with E-state index in [1.807, 2.05) is 6.07 Å². The number of likely N-dealkylation sites (N-methyl/N-ethyl adjacent to an activating group) is 1. The van der Waals surface area contributed by atoms with Gasteiger partial charge in [0, 0.05) is 29.1 Å². The minimum Gasteiger partial charge on any atom is -0.349 e. The standard InChI is InChI=1S/C25H27FN2O2S/c1-15-7-6-10-20(16(15)2)27-24(29)18-11-12-22-21(13-18)28(3)25(30)23(31-22)14-17-8-4-5-9-19(17)26/h4-5,8-9,11-16,20H,6-7,10H2,1-3H3,(H,27,29)/b23-14-/t15-,16+,20+/m1/s1. The lowest BCUT2D eigenvalue weighted by Crippen LogP contribution is -2.43. The number of rotatable bonds is 3. The van der Waals surface area contributed by atoms with Gasteiger partial charge in [0.05, 0.1) is 10.6 Å². The van der Waals surface area contributed by atoms with E-state index in [1.165, 1.54) is 29.1 Å². The molecule has 1 heterocycles. The van der Waals surface area contributed by atoms with Gasteiger partial charge in [0.1, 0.15) is 5.82 Å². The summed E-state index contributed by atoms with van der Waals surface area (Å²) in [4.78, 5) is 28.6. The van der Waals surface area contributed by atoms with Crippen LogP contribution in [0.3, 0.4) is 0 Å². The number of thioether (sulfide) groups is 1. The lowest BCUT2D eigenvalue weighted by atomic mass is 9.78. The van der Waals surface area contributed by atoms with Crippen LogP contribution in [0.2, 0.25) is 0 Å². The molecule has 2 aromatic carbocycles. The SMILES string of the molecule is C[C@H]1[C@H](C)CCC[C@@H]1NC(=O)c1ccc2c(c1)N(C)C(=O)/C(=C/c1ccccc1F)S2. The van der Waals surface area contributed by atoms with Crippen molar-refractivity contribution in [1.29, 1.82) is 0 Å². The highest BCUT2D eigenvalue weighted by atomic mass is 32.2. The topological polar surface area (TPSA) is 49.4 Å². The highest BCUT2D eigenvalue weighted by molar-refractivity contribution is 8.04. The molecule has 3 atom stereocenters. The Morgan fingerprint density at radius 1 is 1.19 bits per heavy atom. The molecule has 6 heteroatoms. The monoisotopic (exact) mass is 438 g/mol. The Morgan fingerprint density at radius 2 is 1.97 bits per heavy atom. The maximum Gasteiger partial charge on any atom is 0.264 e. The van der Waals surface area contributed by atoms with Gasteiger partial charge in [-0.2, -0.15) is 0 Å². The summed E-state index contributed by atoms with van der Waals surface area (Å²) in [6, 6.07) is 12.0. The number of carbonyl (C=O) groups excluding carboxylic acids is 2. The minimum atomic E-state index is -0.366. The number of carbonyl (C=O) groups is 2. The Kier molecular flexibility index (Phi) is 6.19. The highest BCUT2D eigenvalue weighted by Gasteiger charge is 2.30. The molecular weight excluding hydrogens is 411 g/mol. The maximum absolute atomic E-state index is 14.0. The van der Waals surface area contributed by atoms with Gasteiger partial charge in [-0.1, -0.05) is 56.7 Å². The Balaban J connectivity index is 1.56. The van der Waals surface area contributed by atoms with Crippen LogP contribution in [0.4, 0.5) is 10.1 Å². The summed E-state index contributed by atoms with van der Waals surface area (Å²) in [5, 5.41) is 3.19. The summed E-state index contributed by atoms with van der Waals surface area (Å²) in [5.41, 5.74) is 1.62. The van der Waals surface area contributed by atoms with E-state index in [9.17, 15) is 14.0 Å². The highest BCUT2D eigenvalue weighted by Crippen LogP contribution is 2.42. The average molecular weight is 439 g/mol. The van der Waals surface area contributed by atoms with Crippen molar-refractivity contribution in [3.05, 3.63) is 64.3 Å². The van der Waals surface area contributed by atoms with Gasteiger partial charge in [-0.15, -0.1) is 0 Å². The molecule has 1 saturated carbocycles. The van der Waals surface area contributed by atoms with Gasteiger partial charge in [-0.3, -0.25) is 9.59 Å². The molecule has 4 nitrogen and oxygen atoms in total. The Labute approximate surface area is 186 Å². The third-order valence-electron chi connectivity index (χ3n) is 6.53. The van der Waals surface area contributed by atoms with Gasteiger partial charge in [0.2, 0.25) is 0 Å². The zero-order valence-electron chi connectivity index (χ0n) is 18.0. The second-order valence-corrected chi connectivity index (χ2v) is 9.61. The van der Waals surface area contributed by atoms with Crippen molar-refractivity contribution in [3.63, 3.8) is 0 Å². The molecule has 1 fully saturated rings. The molecule has 4 rings (SSSR count). The van der Waals surface area contributed by atoms with E-state index in [1.54, 1.807) is 43.5 Å². The maximum atomic E-state index is 14.0. The van der Waals surface area contributed by atoms with Gasteiger partial charge >= 0.3 is 0 Å². The molecule has 0 saturated heterocycles. The first kappa shape index (κ1) is 21.6. The smallest absolute Gasteiger partial charge is 0.264 e. The lowest BCUT2D eigenvalue weighted by Gasteiger charge is -2.34. The first-order chi connectivity index (χ1) is 14.8. The fraction of sp³-hybridized carbons (Fsp3) is 0.360. The molecule has 0 aromatic heterocycles. The van der Waals surface area contributed by atoms with Crippen LogP contribution in [0, 0.1) is 17.7 Å². The number of fused-ring (bicyclic) bond motifs is 1. The number of benzene rings is 2. The van der Waals surface area contributed by atoms with E-state index in [2.05, 4.69) is 19.2 Å². The zero-order valence-corrected chi connectivity index (χ0v) is 18.8. The predicted octanol–water partition coefficient (Wildman–Crippen LogP) is 5.49. The summed E-state index contributed by atoms with van der Waals surface area (Å²) in [7, 11) is 1.68. The molecule has 31 heavy (non-hydrogen) atoms. The van der Waals surface area contributed by atoms with Gasteiger partial charge < -0.3 is 10.2 Å².